The van der Waals surface area contributed by atoms with E-state index >= 15 is 0 Å². The van der Waals surface area contributed by atoms with Crippen LogP contribution in [-0.4, -0.2) is 33.6 Å². The average molecular weight is 283 g/mol. The fourth-order valence-electron chi connectivity index (χ4n) is 2.19. The maximum Gasteiger partial charge on any atom is 0.257 e. The molecule has 21 heavy (non-hydrogen) atoms. The summed E-state index contributed by atoms with van der Waals surface area (Å²) in [6, 6.07) is 6.20. The number of ether oxygens (including phenoxy) is 1. The van der Waals surface area contributed by atoms with Crippen LogP contribution in [0.1, 0.15) is 11.4 Å². The minimum Gasteiger partial charge on any atom is -0.478 e. The Morgan fingerprint density at radius 3 is 2.95 bits per heavy atom. The zero-order chi connectivity index (χ0) is 14.7. The Morgan fingerprint density at radius 2 is 2.10 bits per heavy atom. The number of aromatic nitrogens is 4. The third kappa shape index (κ3) is 2.94. The molecule has 0 aliphatic heterocycles. The third-order valence-corrected chi connectivity index (χ3v) is 3.20. The number of hydrogen-bond acceptors (Lipinski definition) is 5. The summed E-state index contributed by atoms with van der Waals surface area (Å²) in [6.07, 6.45) is 4.01. The smallest absolute Gasteiger partial charge is 0.257 e. The minimum absolute atomic E-state index is 0.498. The molecule has 3 aromatic rings. The Hall–Kier alpha value is -2.63. The molecule has 0 saturated carbocycles. The number of aryl methyl sites for hydroxylation is 1. The molecule has 2 N–H and O–H groups in total. The lowest BCUT2D eigenvalue weighted by Gasteiger charge is -2.07. The average Bonchev–Trinajstić information content (AvgIpc) is 2.89. The summed E-state index contributed by atoms with van der Waals surface area (Å²) in [4.78, 5) is 16.2. The number of nitrogens with zero attached hydrogens (tertiary/aromatic N) is 3. The van der Waals surface area contributed by atoms with Gasteiger partial charge in [0.25, 0.3) is 5.88 Å². The summed E-state index contributed by atoms with van der Waals surface area (Å²) >= 11 is 0. The highest BCUT2D eigenvalue weighted by molar-refractivity contribution is 5.75. The number of hydrogen-bond donors (Lipinski definition) is 2. The van der Waals surface area contributed by atoms with Gasteiger partial charge in [0, 0.05) is 25.4 Å². The Labute approximate surface area is 122 Å². The molecule has 0 aliphatic carbocycles. The van der Waals surface area contributed by atoms with Gasteiger partial charge in [-0.3, -0.25) is 0 Å². The van der Waals surface area contributed by atoms with Gasteiger partial charge in [-0.1, -0.05) is 6.07 Å². The van der Waals surface area contributed by atoms with E-state index in [-0.39, 0.29) is 0 Å². The van der Waals surface area contributed by atoms with E-state index < -0.39 is 0 Å². The number of rotatable bonds is 5. The van der Waals surface area contributed by atoms with Crippen LogP contribution in [-0.2, 0) is 6.42 Å². The van der Waals surface area contributed by atoms with Gasteiger partial charge in [-0.2, -0.15) is 0 Å². The van der Waals surface area contributed by atoms with E-state index in [1.165, 1.54) is 5.56 Å². The molecule has 108 valence electrons. The summed E-state index contributed by atoms with van der Waals surface area (Å²) in [5, 5.41) is 3.21. The summed E-state index contributed by atoms with van der Waals surface area (Å²) in [5.41, 5.74) is 3.29. The lowest BCUT2D eigenvalue weighted by Crippen LogP contribution is -2.09. The zero-order valence-electron chi connectivity index (χ0n) is 12.1. The van der Waals surface area contributed by atoms with Crippen molar-refractivity contribution >= 4 is 16.9 Å². The van der Waals surface area contributed by atoms with Crippen molar-refractivity contribution in [3.8, 4) is 5.88 Å². The lowest BCUT2D eigenvalue weighted by atomic mass is 10.2. The van der Waals surface area contributed by atoms with Crippen LogP contribution in [0.3, 0.4) is 0 Å². The molecule has 3 rings (SSSR count). The SMILES string of the molecule is COc1nccnc1NCCc1nc2ccc(C)cc2[nH]1. The molecule has 0 amide bonds. The van der Waals surface area contributed by atoms with Crippen LogP contribution in [0.25, 0.3) is 11.0 Å². The number of aromatic amines is 1. The number of benzene rings is 1. The molecule has 6 heteroatoms. The second-order valence-corrected chi connectivity index (χ2v) is 4.80. The van der Waals surface area contributed by atoms with Crippen LogP contribution in [0.15, 0.2) is 30.6 Å². The minimum atomic E-state index is 0.498. The van der Waals surface area contributed by atoms with Crippen LogP contribution in [0.4, 0.5) is 5.82 Å². The molecule has 0 unspecified atom stereocenters. The van der Waals surface area contributed by atoms with Crippen LogP contribution in [0.2, 0.25) is 0 Å². The van der Waals surface area contributed by atoms with Gasteiger partial charge in [0.15, 0.2) is 5.82 Å². The molecular formula is C15H17N5O. The zero-order valence-corrected chi connectivity index (χ0v) is 12.1. The van der Waals surface area contributed by atoms with Gasteiger partial charge < -0.3 is 15.0 Å². The molecule has 6 nitrogen and oxygen atoms in total. The largest absolute Gasteiger partial charge is 0.478 e. The van der Waals surface area contributed by atoms with Gasteiger partial charge in [0.05, 0.1) is 18.1 Å². The summed E-state index contributed by atoms with van der Waals surface area (Å²) < 4.78 is 5.15. The standard InChI is InChI=1S/C15H17N5O/c1-10-3-4-11-12(9-10)20-13(19-11)5-6-16-14-15(21-2)18-8-7-17-14/h3-4,7-9H,5-6H2,1-2H3,(H,16,17)(H,19,20). The first-order valence-corrected chi connectivity index (χ1v) is 6.80. The van der Waals surface area contributed by atoms with Crippen molar-refractivity contribution in [2.45, 2.75) is 13.3 Å². The van der Waals surface area contributed by atoms with Crippen LogP contribution in [0.5, 0.6) is 5.88 Å². The number of H-pyrrole nitrogens is 1. The highest BCUT2D eigenvalue weighted by atomic mass is 16.5. The first-order chi connectivity index (χ1) is 10.3. The van der Waals surface area contributed by atoms with E-state index in [0.717, 1.165) is 23.3 Å². The predicted octanol–water partition coefficient (Wildman–Crippen LogP) is 2.32. The van der Waals surface area contributed by atoms with Crippen molar-refractivity contribution in [1.29, 1.82) is 0 Å². The Bertz CT molecular complexity index is 753. The number of fused-ring (bicyclic) bond motifs is 1. The van der Waals surface area contributed by atoms with Crippen molar-refractivity contribution in [3.63, 3.8) is 0 Å². The fourth-order valence-corrected chi connectivity index (χ4v) is 2.19. The van der Waals surface area contributed by atoms with E-state index in [0.29, 0.717) is 18.2 Å². The van der Waals surface area contributed by atoms with E-state index in [4.69, 9.17) is 4.74 Å². The second-order valence-electron chi connectivity index (χ2n) is 4.80. The first-order valence-electron chi connectivity index (χ1n) is 6.80. The van der Waals surface area contributed by atoms with Crippen molar-refractivity contribution in [2.24, 2.45) is 0 Å². The topological polar surface area (TPSA) is 75.7 Å². The molecule has 0 saturated heterocycles. The van der Waals surface area contributed by atoms with Crippen molar-refractivity contribution in [1.82, 2.24) is 19.9 Å². The van der Waals surface area contributed by atoms with Gasteiger partial charge in [-0.25, -0.2) is 15.0 Å². The molecule has 0 fully saturated rings. The maximum absolute atomic E-state index is 5.15. The maximum atomic E-state index is 5.15. The van der Waals surface area contributed by atoms with E-state index in [9.17, 15) is 0 Å². The van der Waals surface area contributed by atoms with Gasteiger partial charge in [-0.05, 0) is 24.6 Å². The third-order valence-electron chi connectivity index (χ3n) is 3.20. The summed E-state index contributed by atoms with van der Waals surface area (Å²) in [5.74, 6) is 2.09. The normalized spacial score (nSPS) is 10.8. The van der Waals surface area contributed by atoms with Crippen molar-refractivity contribution in [2.75, 3.05) is 19.0 Å². The van der Waals surface area contributed by atoms with Crippen molar-refractivity contribution in [3.05, 3.63) is 42.0 Å². The van der Waals surface area contributed by atoms with Gasteiger partial charge in [-0.15, -0.1) is 0 Å². The molecular weight excluding hydrogens is 266 g/mol. The fraction of sp³-hybridized carbons (Fsp3) is 0.267. The Morgan fingerprint density at radius 1 is 1.24 bits per heavy atom. The quantitative estimate of drug-likeness (QED) is 0.751. The van der Waals surface area contributed by atoms with Gasteiger partial charge >= 0.3 is 0 Å². The van der Waals surface area contributed by atoms with Crippen LogP contribution >= 0.6 is 0 Å². The highest BCUT2D eigenvalue weighted by Crippen LogP contribution is 2.17. The van der Waals surface area contributed by atoms with E-state index in [1.54, 1.807) is 19.5 Å². The summed E-state index contributed by atoms with van der Waals surface area (Å²) in [6.45, 7) is 2.77. The molecule has 0 bridgehead atoms. The van der Waals surface area contributed by atoms with Crippen molar-refractivity contribution < 1.29 is 4.74 Å². The molecule has 0 radical (unpaired) electrons. The number of anilines is 1. The Balaban J connectivity index is 1.66. The predicted molar refractivity (Wildman–Crippen MR) is 81.6 cm³/mol. The van der Waals surface area contributed by atoms with Gasteiger partial charge in [0.1, 0.15) is 5.82 Å². The monoisotopic (exact) mass is 283 g/mol. The van der Waals surface area contributed by atoms with Crippen LogP contribution in [0, 0.1) is 6.92 Å². The lowest BCUT2D eigenvalue weighted by molar-refractivity contribution is 0.398. The molecule has 2 aromatic heterocycles. The molecule has 2 heterocycles. The molecule has 0 aliphatic rings. The highest BCUT2D eigenvalue weighted by Gasteiger charge is 2.06. The molecule has 0 atom stereocenters. The number of nitrogens with one attached hydrogen (secondary N) is 2. The molecule has 0 spiro atoms. The molecule has 1 aromatic carbocycles. The number of methoxy groups -OCH3 is 1. The first kappa shape index (κ1) is 13.4. The van der Waals surface area contributed by atoms with E-state index in [2.05, 4.69) is 44.3 Å². The Kier molecular flexibility index (Phi) is 3.68. The van der Waals surface area contributed by atoms with E-state index in [1.807, 2.05) is 6.07 Å². The van der Waals surface area contributed by atoms with Crippen LogP contribution < -0.4 is 10.1 Å². The summed E-state index contributed by atoms with van der Waals surface area (Å²) in [7, 11) is 1.58. The van der Waals surface area contributed by atoms with Gasteiger partial charge in [0.2, 0.25) is 0 Å². The number of imidazole rings is 1. The second kappa shape index (κ2) is 5.78.